The first-order chi connectivity index (χ1) is 8.08. The van der Waals surface area contributed by atoms with Crippen LogP contribution in [0.25, 0.3) is 0 Å². The van der Waals surface area contributed by atoms with Crippen molar-refractivity contribution in [3.05, 3.63) is 11.8 Å². The summed E-state index contributed by atoms with van der Waals surface area (Å²) in [5.41, 5.74) is 0. The fourth-order valence-corrected chi connectivity index (χ4v) is 1.52. The van der Waals surface area contributed by atoms with E-state index in [-0.39, 0.29) is 18.8 Å². The lowest BCUT2D eigenvalue weighted by atomic mass is 10.2. The smallest absolute Gasteiger partial charge is 0.373 e. The van der Waals surface area contributed by atoms with Gasteiger partial charge in [-0.1, -0.05) is 6.92 Å². The molecule has 0 amide bonds. The lowest BCUT2D eigenvalue weighted by Gasteiger charge is -2.14. The van der Waals surface area contributed by atoms with Gasteiger partial charge in [0.25, 0.3) is 0 Å². The third kappa shape index (κ3) is 3.99. The third-order valence-corrected chi connectivity index (χ3v) is 2.39. The van der Waals surface area contributed by atoms with E-state index in [1.54, 1.807) is 6.08 Å². The molecular weight excluding hydrogens is 228 g/mol. The maximum atomic E-state index is 11.5. The summed E-state index contributed by atoms with van der Waals surface area (Å²) in [6.07, 6.45) is -0.123. The molecule has 1 aliphatic rings. The van der Waals surface area contributed by atoms with E-state index in [1.165, 1.54) is 7.11 Å². The number of carbonyl (C=O) groups is 1. The normalized spacial score (nSPS) is 29.2. The number of esters is 1. The molecule has 17 heavy (non-hydrogen) atoms. The Labute approximate surface area is 99.8 Å². The number of hydrogen-bond donors (Lipinski definition) is 2. The van der Waals surface area contributed by atoms with Crippen LogP contribution in [0.15, 0.2) is 11.8 Å². The number of ether oxygens (including phenoxy) is 3. The molecule has 1 rings (SSSR count). The van der Waals surface area contributed by atoms with Gasteiger partial charge in [0.2, 0.25) is 0 Å². The lowest BCUT2D eigenvalue weighted by Crippen LogP contribution is -2.28. The molecule has 3 atom stereocenters. The van der Waals surface area contributed by atoms with Crippen molar-refractivity contribution in [1.29, 1.82) is 0 Å². The van der Waals surface area contributed by atoms with Crippen molar-refractivity contribution in [2.45, 2.75) is 38.3 Å². The quantitative estimate of drug-likeness (QED) is 0.401. The van der Waals surface area contributed by atoms with Crippen LogP contribution in [0.3, 0.4) is 0 Å². The number of aliphatic hydroxyl groups excluding tert-OH is 2. The molecule has 1 fully saturated rings. The van der Waals surface area contributed by atoms with Gasteiger partial charge in [-0.15, -0.1) is 0 Å². The van der Waals surface area contributed by atoms with Crippen LogP contribution in [-0.4, -0.2) is 48.4 Å². The SMILES string of the molecule is CC/C=C(\OC)C(=O)OC[C@@H]1OC(O)CC1O. The molecule has 98 valence electrons. The van der Waals surface area contributed by atoms with Crippen LogP contribution < -0.4 is 0 Å². The molecule has 1 saturated heterocycles. The van der Waals surface area contributed by atoms with Gasteiger partial charge < -0.3 is 24.4 Å². The molecule has 6 heteroatoms. The summed E-state index contributed by atoms with van der Waals surface area (Å²) >= 11 is 0. The standard InChI is InChI=1S/C11H18O6/c1-3-4-8(15-2)11(14)16-6-9-7(12)5-10(13)17-9/h4,7,9-10,12-13H,3,5-6H2,1-2H3/b8-4-/t7?,9-,10?/m0/s1. The van der Waals surface area contributed by atoms with Crippen LogP contribution in [0, 0.1) is 0 Å². The van der Waals surface area contributed by atoms with E-state index in [0.29, 0.717) is 6.42 Å². The van der Waals surface area contributed by atoms with Crippen molar-refractivity contribution >= 4 is 5.97 Å². The maximum Gasteiger partial charge on any atom is 0.373 e. The van der Waals surface area contributed by atoms with Gasteiger partial charge in [0.05, 0.1) is 13.2 Å². The monoisotopic (exact) mass is 246 g/mol. The van der Waals surface area contributed by atoms with Crippen LogP contribution in [0.2, 0.25) is 0 Å². The number of hydrogen-bond acceptors (Lipinski definition) is 6. The second-order valence-electron chi connectivity index (χ2n) is 3.71. The van der Waals surface area contributed by atoms with Crippen molar-refractivity contribution in [3.8, 4) is 0 Å². The average Bonchev–Trinajstić information content (AvgIpc) is 2.61. The van der Waals surface area contributed by atoms with Gasteiger partial charge in [-0.3, -0.25) is 0 Å². The van der Waals surface area contributed by atoms with Gasteiger partial charge in [-0.2, -0.15) is 0 Å². The van der Waals surface area contributed by atoms with Gasteiger partial charge in [-0.05, 0) is 12.5 Å². The topological polar surface area (TPSA) is 85.2 Å². The highest BCUT2D eigenvalue weighted by Crippen LogP contribution is 2.19. The highest BCUT2D eigenvalue weighted by molar-refractivity contribution is 5.86. The van der Waals surface area contributed by atoms with Crippen LogP contribution in [0.1, 0.15) is 19.8 Å². The second kappa shape index (κ2) is 6.58. The number of methoxy groups -OCH3 is 1. The zero-order chi connectivity index (χ0) is 12.8. The van der Waals surface area contributed by atoms with Crippen LogP contribution in [0.5, 0.6) is 0 Å². The van der Waals surface area contributed by atoms with E-state index < -0.39 is 24.5 Å². The molecular formula is C11H18O6. The first-order valence-corrected chi connectivity index (χ1v) is 5.51. The number of carbonyl (C=O) groups excluding carboxylic acids is 1. The Bertz CT molecular complexity index is 288. The van der Waals surface area contributed by atoms with Gasteiger partial charge in [-0.25, -0.2) is 4.79 Å². The highest BCUT2D eigenvalue weighted by Gasteiger charge is 2.33. The third-order valence-electron chi connectivity index (χ3n) is 2.39. The minimum Gasteiger partial charge on any atom is -0.490 e. The van der Waals surface area contributed by atoms with Gasteiger partial charge in [0.1, 0.15) is 12.7 Å². The Morgan fingerprint density at radius 1 is 1.53 bits per heavy atom. The fraction of sp³-hybridized carbons (Fsp3) is 0.727. The van der Waals surface area contributed by atoms with E-state index in [0.717, 1.165) is 0 Å². The Morgan fingerprint density at radius 2 is 2.24 bits per heavy atom. The number of rotatable bonds is 5. The molecule has 0 aromatic rings. The first-order valence-electron chi connectivity index (χ1n) is 5.51. The molecule has 6 nitrogen and oxygen atoms in total. The lowest BCUT2D eigenvalue weighted by molar-refractivity contribution is -0.153. The minimum absolute atomic E-state index is 0.110. The van der Waals surface area contributed by atoms with E-state index in [9.17, 15) is 9.90 Å². The summed E-state index contributed by atoms with van der Waals surface area (Å²) in [5, 5.41) is 18.6. The molecule has 2 unspecified atom stereocenters. The largest absolute Gasteiger partial charge is 0.490 e. The Hall–Kier alpha value is -1.11. The minimum atomic E-state index is -0.998. The molecule has 0 saturated carbocycles. The van der Waals surface area contributed by atoms with Gasteiger partial charge in [0.15, 0.2) is 12.0 Å². The second-order valence-corrected chi connectivity index (χ2v) is 3.71. The summed E-state index contributed by atoms with van der Waals surface area (Å²) in [7, 11) is 1.38. The Balaban J connectivity index is 2.40. The Morgan fingerprint density at radius 3 is 2.71 bits per heavy atom. The predicted molar refractivity (Wildman–Crippen MR) is 57.8 cm³/mol. The molecule has 1 aliphatic heterocycles. The molecule has 1 heterocycles. The zero-order valence-corrected chi connectivity index (χ0v) is 9.96. The number of aliphatic hydroxyl groups is 2. The van der Waals surface area contributed by atoms with Crippen LogP contribution in [0.4, 0.5) is 0 Å². The molecule has 0 aromatic carbocycles. The summed E-state index contributed by atoms with van der Waals surface area (Å²) < 4.78 is 14.7. The van der Waals surface area contributed by atoms with Gasteiger partial charge in [0, 0.05) is 6.42 Å². The van der Waals surface area contributed by atoms with Gasteiger partial charge >= 0.3 is 5.97 Å². The highest BCUT2D eigenvalue weighted by atomic mass is 16.6. The van der Waals surface area contributed by atoms with Crippen molar-refractivity contribution in [2.24, 2.45) is 0 Å². The average molecular weight is 246 g/mol. The number of allylic oxidation sites excluding steroid dienone is 1. The van der Waals surface area contributed by atoms with Crippen molar-refractivity contribution in [1.82, 2.24) is 0 Å². The zero-order valence-electron chi connectivity index (χ0n) is 9.96. The summed E-state index contributed by atoms with van der Waals surface area (Å²) in [6.45, 7) is 1.76. The van der Waals surface area contributed by atoms with Crippen molar-refractivity contribution in [3.63, 3.8) is 0 Å². The fourth-order valence-electron chi connectivity index (χ4n) is 1.52. The maximum absolute atomic E-state index is 11.5. The first kappa shape index (κ1) is 14.0. The summed E-state index contributed by atoms with van der Waals surface area (Å²) in [4.78, 5) is 11.5. The molecule has 0 radical (unpaired) electrons. The van der Waals surface area contributed by atoms with E-state index in [4.69, 9.17) is 19.3 Å². The molecule has 0 bridgehead atoms. The van der Waals surface area contributed by atoms with Crippen LogP contribution >= 0.6 is 0 Å². The molecule has 0 aromatic heterocycles. The predicted octanol–water partition coefficient (Wildman–Crippen LogP) is -0.0619. The van der Waals surface area contributed by atoms with Crippen molar-refractivity contribution < 1.29 is 29.2 Å². The van der Waals surface area contributed by atoms with E-state index in [1.807, 2.05) is 6.92 Å². The summed E-state index contributed by atoms with van der Waals surface area (Å²) in [5.74, 6) is -0.480. The van der Waals surface area contributed by atoms with E-state index >= 15 is 0 Å². The molecule has 2 N–H and O–H groups in total. The Kier molecular flexibility index (Phi) is 5.40. The molecule has 0 spiro atoms. The van der Waals surface area contributed by atoms with E-state index in [2.05, 4.69) is 0 Å². The van der Waals surface area contributed by atoms with Crippen molar-refractivity contribution in [2.75, 3.05) is 13.7 Å². The molecule has 0 aliphatic carbocycles. The van der Waals surface area contributed by atoms with Crippen LogP contribution in [-0.2, 0) is 19.0 Å². The summed E-state index contributed by atoms with van der Waals surface area (Å²) in [6, 6.07) is 0.